The molecule has 0 fully saturated rings. The average Bonchev–Trinajstić information content (AvgIpc) is 2.15. The predicted octanol–water partition coefficient (Wildman–Crippen LogP) is 0.672. The molecule has 0 aliphatic rings. The summed E-state index contributed by atoms with van der Waals surface area (Å²) in [4.78, 5) is 20.3. The van der Waals surface area contributed by atoms with E-state index in [0.717, 1.165) is 18.2 Å². The second-order valence-electron chi connectivity index (χ2n) is 2.90. The molecule has 1 unspecified atom stereocenters. The molecule has 0 aliphatic carbocycles. The summed E-state index contributed by atoms with van der Waals surface area (Å²) in [7, 11) is 0. The smallest absolute Gasteiger partial charge is 0.335 e. The molecule has 0 aliphatic heterocycles. The van der Waals surface area contributed by atoms with E-state index in [4.69, 9.17) is 5.11 Å². The van der Waals surface area contributed by atoms with Gasteiger partial charge in [0.25, 0.3) is 5.69 Å². The SMILES string of the molecule is O=C(O)c1cc(CS(=O)[O-])cc([N+](=O)[O-])c1. The first-order valence-electron chi connectivity index (χ1n) is 3.97. The van der Waals surface area contributed by atoms with E-state index in [9.17, 15) is 23.7 Å². The van der Waals surface area contributed by atoms with E-state index in [1.807, 2.05) is 0 Å². The number of carboxylic acid groups (broad SMARTS) is 1. The van der Waals surface area contributed by atoms with E-state index in [1.54, 1.807) is 0 Å². The lowest BCUT2D eigenvalue weighted by molar-refractivity contribution is -0.384. The number of non-ortho nitro benzene ring substituents is 1. The zero-order valence-corrected chi connectivity index (χ0v) is 8.60. The van der Waals surface area contributed by atoms with Gasteiger partial charge < -0.3 is 9.66 Å². The quantitative estimate of drug-likeness (QED) is 0.472. The normalized spacial score (nSPS) is 12.1. The van der Waals surface area contributed by atoms with E-state index < -0.39 is 33.4 Å². The number of hydrogen-bond acceptors (Lipinski definition) is 5. The fourth-order valence-corrected chi connectivity index (χ4v) is 1.56. The van der Waals surface area contributed by atoms with Crippen LogP contribution in [0.5, 0.6) is 0 Å². The van der Waals surface area contributed by atoms with Gasteiger partial charge in [-0.2, -0.15) is 0 Å². The molecule has 0 spiro atoms. The van der Waals surface area contributed by atoms with Crippen LogP contribution in [-0.4, -0.2) is 24.8 Å². The lowest BCUT2D eigenvalue weighted by atomic mass is 10.1. The third-order valence-corrected chi connectivity index (χ3v) is 2.29. The standard InChI is InChI=1S/C8H7NO6S/c10-8(11)6-1-5(4-16(14)15)2-7(3-6)9(12)13/h1-3H,4H2,(H,10,11)(H,14,15)/p-1. The van der Waals surface area contributed by atoms with Gasteiger partial charge in [0.05, 0.1) is 10.5 Å². The molecular formula is C8H6NO6S-. The zero-order chi connectivity index (χ0) is 12.3. The van der Waals surface area contributed by atoms with Crippen LogP contribution < -0.4 is 0 Å². The van der Waals surface area contributed by atoms with E-state index >= 15 is 0 Å². The van der Waals surface area contributed by atoms with Gasteiger partial charge in [-0.15, -0.1) is 0 Å². The van der Waals surface area contributed by atoms with Crippen molar-refractivity contribution in [2.45, 2.75) is 5.75 Å². The maximum Gasteiger partial charge on any atom is 0.335 e. The highest BCUT2D eigenvalue weighted by Crippen LogP contribution is 2.18. The summed E-state index contributed by atoms with van der Waals surface area (Å²) in [6, 6.07) is 2.99. The summed E-state index contributed by atoms with van der Waals surface area (Å²) in [5, 5.41) is 19.1. The Kier molecular flexibility index (Phi) is 3.69. The molecule has 0 bridgehead atoms. The molecule has 0 radical (unpaired) electrons. The molecule has 1 aromatic rings. The number of nitro benzene ring substituents is 1. The molecule has 0 saturated heterocycles. The predicted molar refractivity (Wildman–Crippen MR) is 52.7 cm³/mol. The van der Waals surface area contributed by atoms with Crippen molar-refractivity contribution >= 4 is 22.7 Å². The fourth-order valence-electron chi connectivity index (χ4n) is 1.12. The molecule has 0 heterocycles. The highest BCUT2D eigenvalue weighted by molar-refractivity contribution is 7.78. The minimum atomic E-state index is -2.43. The van der Waals surface area contributed by atoms with Crippen LogP contribution in [0.1, 0.15) is 15.9 Å². The Morgan fingerprint density at radius 1 is 1.44 bits per heavy atom. The van der Waals surface area contributed by atoms with Crippen molar-refractivity contribution in [3.63, 3.8) is 0 Å². The molecular weight excluding hydrogens is 238 g/mol. The highest BCUT2D eigenvalue weighted by atomic mass is 32.2. The van der Waals surface area contributed by atoms with E-state index in [1.165, 1.54) is 0 Å². The van der Waals surface area contributed by atoms with E-state index in [0.29, 0.717) is 0 Å². The molecule has 8 heteroatoms. The molecule has 1 rings (SSSR count). The molecule has 0 aromatic heterocycles. The first-order valence-corrected chi connectivity index (χ1v) is 5.22. The molecule has 86 valence electrons. The van der Waals surface area contributed by atoms with Gasteiger partial charge in [0.1, 0.15) is 0 Å². The molecule has 16 heavy (non-hydrogen) atoms. The van der Waals surface area contributed by atoms with Crippen molar-refractivity contribution in [3.05, 3.63) is 39.4 Å². The second kappa shape index (κ2) is 4.81. The number of aromatic carboxylic acids is 1. The number of nitrogens with zero attached hydrogens (tertiary/aromatic N) is 1. The largest absolute Gasteiger partial charge is 0.772 e. The third kappa shape index (κ3) is 3.11. The minimum absolute atomic E-state index is 0.0694. The first-order chi connectivity index (χ1) is 7.40. The molecule has 0 saturated carbocycles. The van der Waals surface area contributed by atoms with Crippen LogP contribution in [0.25, 0.3) is 0 Å². The Bertz CT molecular complexity index is 439. The molecule has 1 atom stereocenters. The number of carbonyl (C=O) groups is 1. The summed E-state index contributed by atoms with van der Waals surface area (Å²) in [6.45, 7) is 0. The van der Waals surface area contributed by atoms with Crippen LogP contribution in [0.2, 0.25) is 0 Å². The summed E-state index contributed by atoms with van der Waals surface area (Å²) in [6.07, 6.45) is 0. The van der Waals surface area contributed by atoms with Gasteiger partial charge in [0.15, 0.2) is 0 Å². The topological polar surface area (TPSA) is 121 Å². The number of nitro groups is 1. The number of hydrogen-bond donors (Lipinski definition) is 1. The van der Waals surface area contributed by atoms with Gasteiger partial charge in [-0.05, 0) is 11.6 Å². The number of benzene rings is 1. The monoisotopic (exact) mass is 244 g/mol. The summed E-state index contributed by atoms with van der Waals surface area (Å²) in [5.74, 6) is -1.80. The number of rotatable bonds is 4. The minimum Gasteiger partial charge on any atom is -0.772 e. The van der Waals surface area contributed by atoms with Crippen molar-refractivity contribution in [2.24, 2.45) is 0 Å². The summed E-state index contributed by atoms with van der Waals surface area (Å²) >= 11 is -2.43. The van der Waals surface area contributed by atoms with Crippen LogP contribution in [-0.2, 0) is 16.8 Å². The fraction of sp³-hybridized carbons (Fsp3) is 0.125. The van der Waals surface area contributed by atoms with Gasteiger partial charge >= 0.3 is 5.97 Å². The zero-order valence-electron chi connectivity index (χ0n) is 7.78. The van der Waals surface area contributed by atoms with Gasteiger partial charge in [0, 0.05) is 17.9 Å². The van der Waals surface area contributed by atoms with Crippen molar-refractivity contribution in [2.75, 3.05) is 0 Å². The van der Waals surface area contributed by atoms with Gasteiger partial charge in [-0.1, -0.05) is 11.1 Å². The lowest BCUT2D eigenvalue weighted by Gasteiger charge is -2.05. The Morgan fingerprint density at radius 3 is 2.50 bits per heavy atom. The average molecular weight is 244 g/mol. The Morgan fingerprint density at radius 2 is 2.06 bits per heavy atom. The van der Waals surface area contributed by atoms with Crippen LogP contribution in [0.3, 0.4) is 0 Å². The van der Waals surface area contributed by atoms with Crippen LogP contribution >= 0.6 is 0 Å². The van der Waals surface area contributed by atoms with Crippen molar-refractivity contribution in [1.82, 2.24) is 0 Å². The second-order valence-corrected chi connectivity index (χ2v) is 3.79. The van der Waals surface area contributed by atoms with Gasteiger partial charge in [-0.25, -0.2) is 4.79 Å². The van der Waals surface area contributed by atoms with Gasteiger partial charge in [-0.3, -0.25) is 14.3 Å². The maximum absolute atomic E-state index is 10.6. The Balaban J connectivity index is 3.23. The van der Waals surface area contributed by atoms with Gasteiger partial charge in [0.2, 0.25) is 0 Å². The highest BCUT2D eigenvalue weighted by Gasteiger charge is 2.13. The van der Waals surface area contributed by atoms with Crippen LogP contribution in [0.4, 0.5) is 5.69 Å². The molecule has 7 nitrogen and oxygen atoms in total. The number of carboxylic acids is 1. The molecule has 1 aromatic carbocycles. The lowest BCUT2D eigenvalue weighted by Crippen LogP contribution is -2.02. The van der Waals surface area contributed by atoms with E-state index in [-0.39, 0.29) is 11.1 Å². The van der Waals surface area contributed by atoms with Crippen LogP contribution in [0, 0.1) is 10.1 Å². The maximum atomic E-state index is 10.6. The molecule has 0 amide bonds. The third-order valence-electron chi connectivity index (χ3n) is 1.72. The Hall–Kier alpha value is -1.80. The van der Waals surface area contributed by atoms with Crippen molar-refractivity contribution < 1.29 is 23.6 Å². The van der Waals surface area contributed by atoms with E-state index in [2.05, 4.69) is 0 Å². The Labute approximate surface area is 92.1 Å². The van der Waals surface area contributed by atoms with Crippen molar-refractivity contribution in [1.29, 1.82) is 0 Å². The van der Waals surface area contributed by atoms with Crippen LogP contribution in [0.15, 0.2) is 18.2 Å². The first kappa shape index (κ1) is 12.3. The summed E-state index contributed by atoms with van der Waals surface area (Å²) < 4.78 is 20.8. The summed E-state index contributed by atoms with van der Waals surface area (Å²) in [5.41, 5.74) is -0.685. The van der Waals surface area contributed by atoms with Crippen molar-refractivity contribution in [3.8, 4) is 0 Å². The molecule has 1 N–H and O–H groups in total.